The number of aromatic nitrogens is 2. The Labute approximate surface area is 153 Å². The fraction of sp³-hybridized carbons (Fsp3) is 0.812. The minimum absolute atomic E-state index is 0.0655. The van der Waals surface area contributed by atoms with Crippen LogP contribution in [0.5, 0.6) is 0 Å². The summed E-state index contributed by atoms with van der Waals surface area (Å²) in [5, 5.41) is 5.39. The van der Waals surface area contributed by atoms with E-state index < -0.39 is 0 Å². The molecule has 2 fully saturated rings. The second-order valence-electron chi connectivity index (χ2n) is 7.22. The Hall–Kier alpha value is -0.830. The summed E-state index contributed by atoms with van der Waals surface area (Å²) in [5.41, 5.74) is 0. The van der Waals surface area contributed by atoms with Gasteiger partial charge < -0.3 is 4.90 Å². The monoisotopic (exact) mass is 369 g/mol. The highest BCUT2D eigenvalue weighted by Crippen LogP contribution is 2.33. The van der Waals surface area contributed by atoms with E-state index in [2.05, 4.69) is 28.7 Å². The molecule has 6 nitrogen and oxygen atoms in total. The van der Waals surface area contributed by atoms with Gasteiger partial charge in [0.1, 0.15) is 0 Å². The summed E-state index contributed by atoms with van der Waals surface area (Å²) in [6.07, 6.45) is 2.15. The van der Waals surface area contributed by atoms with E-state index in [0.717, 1.165) is 54.8 Å². The van der Waals surface area contributed by atoms with Gasteiger partial charge in [0.15, 0.2) is 3.95 Å². The zero-order valence-corrected chi connectivity index (χ0v) is 16.4. The molecule has 2 heterocycles. The van der Waals surface area contributed by atoms with Crippen molar-refractivity contribution in [1.82, 2.24) is 19.6 Å². The van der Waals surface area contributed by atoms with Gasteiger partial charge in [-0.25, -0.2) is 4.68 Å². The predicted octanol–water partition coefficient (Wildman–Crippen LogP) is 2.42. The molecule has 0 spiro atoms. The maximum atomic E-state index is 11.9. The van der Waals surface area contributed by atoms with Crippen LogP contribution >= 0.6 is 23.6 Å². The van der Waals surface area contributed by atoms with Gasteiger partial charge in [-0.1, -0.05) is 25.2 Å². The first kappa shape index (κ1) is 18.0. The molecule has 8 heteroatoms. The third-order valence-corrected chi connectivity index (χ3v) is 5.78. The molecule has 0 unspecified atom stereocenters. The lowest BCUT2D eigenvalue weighted by Crippen LogP contribution is -2.47. The molecule has 1 aromatic rings. The SMILES string of the molecule is CC(=O)N(c1nn(CN2CCN(CC(C)C)CC2)c(=S)s1)C1CC1. The number of carbonyl (C=O) groups excluding carboxylic acids is 1. The van der Waals surface area contributed by atoms with Crippen molar-refractivity contribution in [3.8, 4) is 0 Å². The van der Waals surface area contributed by atoms with Gasteiger partial charge in [0, 0.05) is 45.7 Å². The predicted molar refractivity (Wildman–Crippen MR) is 100.0 cm³/mol. The van der Waals surface area contributed by atoms with Crippen LogP contribution in [0.1, 0.15) is 33.6 Å². The highest BCUT2D eigenvalue weighted by molar-refractivity contribution is 7.73. The zero-order valence-electron chi connectivity index (χ0n) is 14.8. The number of hydrogen-bond donors (Lipinski definition) is 0. The van der Waals surface area contributed by atoms with Crippen LogP contribution in [-0.2, 0) is 11.5 Å². The Kier molecular flexibility index (Phi) is 5.69. The van der Waals surface area contributed by atoms with Gasteiger partial charge in [0.25, 0.3) is 0 Å². The fourth-order valence-corrected chi connectivity index (χ4v) is 4.38. The topological polar surface area (TPSA) is 44.6 Å². The van der Waals surface area contributed by atoms with Crippen molar-refractivity contribution in [3.63, 3.8) is 0 Å². The molecule has 1 saturated heterocycles. The standard InChI is InChI=1S/C16H27N5OS2/c1-12(2)10-18-6-8-19(9-7-18)11-20-16(23)24-15(17-20)21(13(3)22)14-4-5-14/h12,14H,4-11H2,1-3H3. The highest BCUT2D eigenvalue weighted by atomic mass is 32.1. The molecule has 0 atom stereocenters. The third kappa shape index (κ3) is 4.41. The number of carbonyl (C=O) groups is 1. The Balaban J connectivity index is 1.60. The molecule has 1 aliphatic heterocycles. The van der Waals surface area contributed by atoms with Crippen LogP contribution in [0.15, 0.2) is 0 Å². The summed E-state index contributed by atoms with van der Waals surface area (Å²) in [7, 11) is 0. The molecular formula is C16H27N5OS2. The molecule has 1 saturated carbocycles. The van der Waals surface area contributed by atoms with Gasteiger partial charge in [0.2, 0.25) is 11.0 Å². The number of anilines is 1. The van der Waals surface area contributed by atoms with Crippen molar-refractivity contribution in [1.29, 1.82) is 0 Å². The van der Waals surface area contributed by atoms with E-state index in [4.69, 9.17) is 12.2 Å². The van der Waals surface area contributed by atoms with Crippen LogP contribution < -0.4 is 4.90 Å². The summed E-state index contributed by atoms with van der Waals surface area (Å²) < 4.78 is 2.63. The van der Waals surface area contributed by atoms with Crippen LogP contribution in [0.25, 0.3) is 0 Å². The molecule has 24 heavy (non-hydrogen) atoms. The average Bonchev–Trinajstić information content (AvgIpc) is 3.26. The van der Waals surface area contributed by atoms with Gasteiger partial charge in [-0.15, -0.1) is 5.10 Å². The first-order valence-electron chi connectivity index (χ1n) is 8.76. The number of rotatable bonds is 6. The van der Waals surface area contributed by atoms with E-state index in [1.807, 2.05) is 9.58 Å². The largest absolute Gasteiger partial charge is 0.301 e. The summed E-state index contributed by atoms with van der Waals surface area (Å²) in [5.74, 6) is 0.780. The molecule has 1 aliphatic carbocycles. The van der Waals surface area contributed by atoms with Gasteiger partial charge >= 0.3 is 0 Å². The quantitative estimate of drug-likeness (QED) is 0.721. The van der Waals surface area contributed by atoms with Crippen LogP contribution in [-0.4, -0.2) is 64.3 Å². The number of nitrogens with zero attached hydrogens (tertiary/aromatic N) is 5. The summed E-state index contributed by atoms with van der Waals surface area (Å²) >= 11 is 6.93. The van der Waals surface area contributed by atoms with Crippen molar-refractivity contribution >= 4 is 34.6 Å². The molecule has 0 N–H and O–H groups in total. The highest BCUT2D eigenvalue weighted by Gasteiger charge is 2.34. The number of hydrogen-bond acceptors (Lipinski definition) is 6. The molecule has 0 aromatic carbocycles. The van der Waals surface area contributed by atoms with Crippen LogP contribution in [0.3, 0.4) is 0 Å². The maximum Gasteiger partial charge on any atom is 0.225 e. The van der Waals surface area contributed by atoms with Gasteiger partial charge in [-0.2, -0.15) is 0 Å². The van der Waals surface area contributed by atoms with E-state index in [1.54, 1.807) is 6.92 Å². The third-order valence-electron chi connectivity index (χ3n) is 4.48. The lowest BCUT2D eigenvalue weighted by atomic mass is 10.2. The Morgan fingerprint density at radius 1 is 1.29 bits per heavy atom. The molecule has 0 radical (unpaired) electrons. The Morgan fingerprint density at radius 3 is 2.46 bits per heavy atom. The second kappa shape index (κ2) is 7.59. The minimum Gasteiger partial charge on any atom is -0.301 e. The molecule has 0 bridgehead atoms. The van der Waals surface area contributed by atoms with E-state index >= 15 is 0 Å². The van der Waals surface area contributed by atoms with Crippen LogP contribution in [0, 0.1) is 9.87 Å². The second-order valence-corrected chi connectivity index (χ2v) is 8.83. The Morgan fingerprint density at radius 2 is 1.92 bits per heavy atom. The van der Waals surface area contributed by atoms with Gasteiger partial charge in [-0.3, -0.25) is 14.6 Å². The summed E-state index contributed by atoms with van der Waals surface area (Å²) in [6, 6.07) is 0.330. The van der Waals surface area contributed by atoms with Crippen LogP contribution in [0.4, 0.5) is 5.13 Å². The first-order valence-corrected chi connectivity index (χ1v) is 9.99. The normalized spacial score (nSPS) is 19.8. The first-order chi connectivity index (χ1) is 11.4. The average molecular weight is 370 g/mol. The lowest BCUT2D eigenvalue weighted by molar-refractivity contribution is -0.116. The Bertz CT molecular complexity index is 629. The van der Waals surface area contributed by atoms with E-state index in [1.165, 1.54) is 17.9 Å². The van der Waals surface area contributed by atoms with Gasteiger partial charge in [-0.05, 0) is 31.0 Å². The van der Waals surface area contributed by atoms with Crippen LogP contribution in [0.2, 0.25) is 0 Å². The smallest absolute Gasteiger partial charge is 0.225 e. The molecule has 134 valence electrons. The maximum absolute atomic E-state index is 11.9. The molecule has 1 amide bonds. The molecular weight excluding hydrogens is 342 g/mol. The number of amides is 1. The van der Waals surface area contributed by atoms with E-state index in [0.29, 0.717) is 12.0 Å². The van der Waals surface area contributed by atoms with Gasteiger partial charge in [0.05, 0.1) is 6.67 Å². The minimum atomic E-state index is 0.0655. The van der Waals surface area contributed by atoms with Crippen molar-refractivity contribution in [2.45, 2.75) is 46.3 Å². The van der Waals surface area contributed by atoms with E-state index in [-0.39, 0.29) is 5.91 Å². The van der Waals surface area contributed by atoms with Crippen molar-refractivity contribution in [3.05, 3.63) is 3.95 Å². The summed E-state index contributed by atoms with van der Waals surface area (Å²) in [4.78, 5) is 18.6. The van der Waals surface area contributed by atoms with Crippen molar-refractivity contribution in [2.24, 2.45) is 5.92 Å². The zero-order chi connectivity index (χ0) is 17.3. The van der Waals surface area contributed by atoms with E-state index in [9.17, 15) is 4.79 Å². The fourth-order valence-electron chi connectivity index (χ4n) is 3.18. The molecule has 1 aromatic heterocycles. The summed E-state index contributed by atoms with van der Waals surface area (Å²) in [6.45, 7) is 12.3. The van der Waals surface area contributed by atoms with Crippen molar-refractivity contribution < 1.29 is 4.79 Å². The molecule has 3 rings (SSSR count). The molecule has 2 aliphatic rings. The number of piperazine rings is 1. The van der Waals surface area contributed by atoms with Crippen molar-refractivity contribution in [2.75, 3.05) is 37.6 Å². The lowest BCUT2D eigenvalue weighted by Gasteiger charge is -2.35.